The van der Waals surface area contributed by atoms with Crippen molar-refractivity contribution in [1.29, 1.82) is 0 Å². The number of carbonyl (C=O) groups excluding carboxylic acids is 2. The van der Waals surface area contributed by atoms with Gasteiger partial charge in [0.25, 0.3) is 0 Å². The third-order valence-electron chi connectivity index (χ3n) is 2.79. The Balaban J connectivity index is 2.42. The van der Waals surface area contributed by atoms with Gasteiger partial charge in [-0.3, -0.25) is 14.5 Å². The highest BCUT2D eigenvalue weighted by molar-refractivity contribution is 6.35. The first-order valence-corrected chi connectivity index (χ1v) is 6.37. The van der Waals surface area contributed by atoms with E-state index in [1.807, 2.05) is 20.8 Å². The maximum atomic E-state index is 11.9. The molecule has 0 aliphatic carbocycles. The van der Waals surface area contributed by atoms with Crippen molar-refractivity contribution < 1.29 is 9.59 Å². The number of piperazine rings is 1. The fourth-order valence-corrected chi connectivity index (χ4v) is 1.89. The molecule has 0 saturated carbocycles. The SMILES string of the molecule is CC(C)(C)NC(=O)C(=O)N1CCN(CCN)CC1. The molecule has 6 nitrogen and oxygen atoms in total. The summed E-state index contributed by atoms with van der Waals surface area (Å²) < 4.78 is 0. The van der Waals surface area contributed by atoms with Crippen LogP contribution in [0.3, 0.4) is 0 Å². The lowest BCUT2D eigenvalue weighted by atomic mass is 10.1. The molecule has 18 heavy (non-hydrogen) atoms. The van der Waals surface area contributed by atoms with E-state index in [-0.39, 0.29) is 5.54 Å². The fraction of sp³-hybridized carbons (Fsp3) is 0.833. The van der Waals surface area contributed by atoms with Gasteiger partial charge in [-0.25, -0.2) is 0 Å². The van der Waals surface area contributed by atoms with Crippen LogP contribution in [-0.2, 0) is 9.59 Å². The third kappa shape index (κ3) is 4.62. The molecule has 0 spiro atoms. The number of amides is 2. The Morgan fingerprint density at radius 2 is 1.72 bits per heavy atom. The molecule has 0 bridgehead atoms. The molecule has 1 heterocycles. The quantitative estimate of drug-likeness (QED) is 0.621. The number of nitrogens with two attached hydrogens (primary N) is 1. The summed E-state index contributed by atoms with van der Waals surface area (Å²) in [4.78, 5) is 27.4. The topological polar surface area (TPSA) is 78.7 Å². The molecule has 104 valence electrons. The van der Waals surface area contributed by atoms with Gasteiger partial charge in [-0.05, 0) is 20.8 Å². The van der Waals surface area contributed by atoms with E-state index in [4.69, 9.17) is 5.73 Å². The predicted octanol–water partition coefficient (Wildman–Crippen LogP) is -0.996. The summed E-state index contributed by atoms with van der Waals surface area (Å²) in [5.41, 5.74) is 5.10. The largest absolute Gasteiger partial charge is 0.343 e. The van der Waals surface area contributed by atoms with E-state index in [1.165, 1.54) is 0 Å². The summed E-state index contributed by atoms with van der Waals surface area (Å²) in [6, 6.07) is 0. The van der Waals surface area contributed by atoms with E-state index in [0.717, 1.165) is 19.6 Å². The number of hydrogen-bond acceptors (Lipinski definition) is 4. The van der Waals surface area contributed by atoms with Crippen molar-refractivity contribution in [1.82, 2.24) is 15.1 Å². The van der Waals surface area contributed by atoms with Crippen LogP contribution < -0.4 is 11.1 Å². The van der Waals surface area contributed by atoms with Crippen molar-refractivity contribution in [2.75, 3.05) is 39.3 Å². The number of rotatable bonds is 2. The second-order valence-electron chi connectivity index (χ2n) is 5.63. The van der Waals surface area contributed by atoms with Crippen LogP contribution in [-0.4, -0.2) is 66.4 Å². The molecule has 0 unspecified atom stereocenters. The minimum Gasteiger partial charge on any atom is -0.343 e. The van der Waals surface area contributed by atoms with Crippen molar-refractivity contribution in [2.45, 2.75) is 26.3 Å². The molecule has 2 amide bonds. The molecular formula is C12H24N4O2. The summed E-state index contributed by atoms with van der Waals surface area (Å²) in [6.07, 6.45) is 0. The smallest absolute Gasteiger partial charge is 0.311 e. The van der Waals surface area contributed by atoms with Gasteiger partial charge in [0.2, 0.25) is 0 Å². The monoisotopic (exact) mass is 256 g/mol. The molecule has 3 N–H and O–H groups in total. The minimum absolute atomic E-state index is 0.381. The Morgan fingerprint density at radius 1 is 1.17 bits per heavy atom. The third-order valence-corrected chi connectivity index (χ3v) is 2.79. The van der Waals surface area contributed by atoms with Crippen LogP contribution in [0.25, 0.3) is 0 Å². The van der Waals surface area contributed by atoms with E-state index in [9.17, 15) is 9.59 Å². The lowest BCUT2D eigenvalue weighted by Crippen LogP contribution is -2.55. The summed E-state index contributed by atoms with van der Waals surface area (Å²) in [5.74, 6) is -0.952. The lowest BCUT2D eigenvalue weighted by molar-refractivity contribution is -0.147. The minimum atomic E-state index is -0.519. The highest BCUT2D eigenvalue weighted by Crippen LogP contribution is 2.03. The van der Waals surface area contributed by atoms with Gasteiger partial charge in [0.05, 0.1) is 0 Å². The molecule has 0 aromatic carbocycles. The maximum absolute atomic E-state index is 11.9. The Morgan fingerprint density at radius 3 is 2.17 bits per heavy atom. The molecule has 6 heteroatoms. The van der Waals surface area contributed by atoms with Gasteiger partial charge >= 0.3 is 11.8 Å². The molecule has 1 aliphatic heterocycles. The molecule has 1 saturated heterocycles. The Labute approximate surface area is 108 Å². The van der Waals surface area contributed by atoms with Crippen molar-refractivity contribution in [3.8, 4) is 0 Å². The van der Waals surface area contributed by atoms with Crippen molar-refractivity contribution in [3.63, 3.8) is 0 Å². The van der Waals surface area contributed by atoms with E-state index in [0.29, 0.717) is 19.6 Å². The number of nitrogens with zero attached hydrogens (tertiary/aromatic N) is 2. The van der Waals surface area contributed by atoms with Crippen LogP contribution in [0, 0.1) is 0 Å². The van der Waals surface area contributed by atoms with E-state index in [1.54, 1.807) is 4.90 Å². The molecule has 1 aliphatic rings. The Kier molecular flexibility index (Phi) is 5.10. The molecule has 0 aromatic rings. The van der Waals surface area contributed by atoms with Crippen LogP contribution in [0.1, 0.15) is 20.8 Å². The summed E-state index contributed by atoms with van der Waals surface area (Å²) in [7, 11) is 0. The first kappa shape index (κ1) is 14.9. The molecule has 1 rings (SSSR count). The molecule has 0 aromatic heterocycles. The molecular weight excluding hydrogens is 232 g/mol. The van der Waals surface area contributed by atoms with Gasteiger partial charge in [-0.2, -0.15) is 0 Å². The van der Waals surface area contributed by atoms with Gasteiger partial charge in [0.1, 0.15) is 0 Å². The van der Waals surface area contributed by atoms with Gasteiger partial charge in [0.15, 0.2) is 0 Å². The standard InChI is InChI=1S/C12H24N4O2/c1-12(2,3)14-10(17)11(18)16-8-6-15(5-4-13)7-9-16/h4-9,13H2,1-3H3,(H,14,17). The first-order chi connectivity index (χ1) is 8.33. The highest BCUT2D eigenvalue weighted by atomic mass is 16.2. The van der Waals surface area contributed by atoms with E-state index < -0.39 is 11.8 Å². The number of hydrogen-bond donors (Lipinski definition) is 2. The van der Waals surface area contributed by atoms with Crippen LogP contribution in [0.4, 0.5) is 0 Å². The Bertz CT molecular complexity index is 304. The highest BCUT2D eigenvalue weighted by Gasteiger charge is 2.27. The average Bonchev–Trinajstić information content (AvgIpc) is 2.27. The summed E-state index contributed by atoms with van der Waals surface area (Å²) in [5, 5.41) is 2.69. The summed E-state index contributed by atoms with van der Waals surface area (Å²) in [6.45, 7) is 9.80. The first-order valence-electron chi connectivity index (χ1n) is 6.37. The zero-order valence-electron chi connectivity index (χ0n) is 11.5. The zero-order chi connectivity index (χ0) is 13.8. The fourth-order valence-electron chi connectivity index (χ4n) is 1.89. The normalized spacial score (nSPS) is 17.7. The lowest BCUT2D eigenvalue weighted by Gasteiger charge is -2.34. The van der Waals surface area contributed by atoms with Crippen LogP contribution >= 0.6 is 0 Å². The number of carbonyl (C=O) groups is 2. The van der Waals surface area contributed by atoms with Gasteiger partial charge in [-0.1, -0.05) is 0 Å². The van der Waals surface area contributed by atoms with Gasteiger partial charge in [0, 0.05) is 44.8 Å². The zero-order valence-corrected chi connectivity index (χ0v) is 11.5. The molecule has 0 radical (unpaired) electrons. The van der Waals surface area contributed by atoms with Crippen molar-refractivity contribution in [2.24, 2.45) is 5.73 Å². The van der Waals surface area contributed by atoms with Gasteiger partial charge < -0.3 is 16.0 Å². The van der Waals surface area contributed by atoms with Crippen molar-refractivity contribution >= 4 is 11.8 Å². The van der Waals surface area contributed by atoms with Crippen LogP contribution in [0.2, 0.25) is 0 Å². The maximum Gasteiger partial charge on any atom is 0.311 e. The van der Waals surface area contributed by atoms with Gasteiger partial charge in [-0.15, -0.1) is 0 Å². The average molecular weight is 256 g/mol. The van der Waals surface area contributed by atoms with Crippen LogP contribution in [0.5, 0.6) is 0 Å². The molecule has 0 atom stereocenters. The molecule has 1 fully saturated rings. The van der Waals surface area contributed by atoms with Crippen molar-refractivity contribution in [3.05, 3.63) is 0 Å². The van der Waals surface area contributed by atoms with Crippen LogP contribution in [0.15, 0.2) is 0 Å². The predicted molar refractivity (Wildman–Crippen MR) is 70.0 cm³/mol. The Hall–Kier alpha value is -1.14. The number of nitrogens with one attached hydrogen (secondary N) is 1. The second kappa shape index (κ2) is 6.15. The van der Waals surface area contributed by atoms with E-state index in [2.05, 4.69) is 10.2 Å². The summed E-state index contributed by atoms with van der Waals surface area (Å²) >= 11 is 0. The second-order valence-corrected chi connectivity index (χ2v) is 5.63. The van der Waals surface area contributed by atoms with E-state index >= 15 is 0 Å².